The zero-order valence-corrected chi connectivity index (χ0v) is 12.6. The Morgan fingerprint density at radius 1 is 1.45 bits per heavy atom. The maximum Gasteiger partial charge on any atom is 0.245 e. The smallest absolute Gasteiger partial charge is 0.245 e. The molecule has 0 radical (unpaired) electrons. The largest absolute Gasteiger partial charge is 0.368 e. The fourth-order valence-corrected chi connectivity index (χ4v) is 2.38. The summed E-state index contributed by atoms with van der Waals surface area (Å²) in [7, 11) is 0. The van der Waals surface area contributed by atoms with Crippen LogP contribution in [0.2, 0.25) is 0 Å². The zero-order valence-electron chi connectivity index (χ0n) is 11.0. The van der Waals surface area contributed by atoms with Gasteiger partial charge in [0.05, 0.1) is 12.2 Å². The molecule has 0 saturated heterocycles. The fraction of sp³-hybridized carbons (Fsp3) is 0.308. The summed E-state index contributed by atoms with van der Waals surface area (Å²) in [4.78, 5) is 22.8. The van der Waals surface area contributed by atoms with Crippen LogP contribution in [-0.4, -0.2) is 29.0 Å². The summed E-state index contributed by atoms with van der Waals surface area (Å²) in [5.41, 5.74) is 6.98. The third-order valence-electron chi connectivity index (χ3n) is 2.91. The molecule has 20 heavy (non-hydrogen) atoms. The first-order valence-corrected chi connectivity index (χ1v) is 6.91. The van der Waals surface area contributed by atoms with E-state index in [9.17, 15) is 9.59 Å². The number of carbonyl (C=O) groups excluding carboxylic acids is 2. The second kappa shape index (κ2) is 6.04. The SMILES string of the molecule is Cc1ccc(N2N=C(Br)CC2C(=O)NCC(N)=O)cc1. The molecule has 0 bridgehead atoms. The van der Waals surface area contributed by atoms with Gasteiger partial charge in [-0.2, -0.15) is 5.10 Å². The van der Waals surface area contributed by atoms with E-state index >= 15 is 0 Å². The Balaban J connectivity index is 2.14. The van der Waals surface area contributed by atoms with Gasteiger partial charge in [-0.05, 0) is 35.0 Å². The van der Waals surface area contributed by atoms with Crippen molar-refractivity contribution < 1.29 is 9.59 Å². The summed E-state index contributed by atoms with van der Waals surface area (Å²) in [6, 6.07) is 7.23. The quantitative estimate of drug-likeness (QED) is 0.854. The summed E-state index contributed by atoms with van der Waals surface area (Å²) in [5, 5.41) is 8.45. The first-order chi connectivity index (χ1) is 9.47. The van der Waals surface area contributed by atoms with E-state index in [4.69, 9.17) is 5.73 Å². The van der Waals surface area contributed by atoms with E-state index in [-0.39, 0.29) is 12.5 Å². The molecule has 6 nitrogen and oxygen atoms in total. The highest BCUT2D eigenvalue weighted by atomic mass is 79.9. The van der Waals surface area contributed by atoms with E-state index in [0.717, 1.165) is 11.3 Å². The molecule has 1 aromatic carbocycles. The molecule has 106 valence electrons. The Labute approximate surface area is 125 Å². The lowest BCUT2D eigenvalue weighted by molar-refractivity contribution is -0.125. The normalized spacial score (nSPS) is 17.8. The standard InChI is InChI=1S/C13H15BrN4O2/c1-8-2-4-9(5-3-8)18-10(6-11(14)17-18)13(20)16-7-12(15)19/h2-5,10H,6-7H2,1H3,(H2,15,19)(H,16,20). The summed E-state index contributed by atoms with van der Waals surface area (Å²) in [6.07, 6.45) is 0.457. The van der Waals surface area contributed by atoms with E-state index in [0.29, 0.717) is 11.0 Å². The minimum absolute atomic E-state index is 0.172. The van der Waals surface area contributed by atoms with Crippen LogP contribution >= 0.6 is 15.9 Å². The van der Waals surface area contributed by atoms with Crippen LogP contribution < -0.4 is 16.1 Å². The van der Waals surface area contributed by atoms with Crippen molar-refractivity contribution in [3.63, 3.8) is 0 Å². The number of hydrazone groups is 1. The second-order valence-corrected chi connectivity index (χ2v) is 5.48. The number of primary amides is 1. The molecule has 0 fully saturated rings. The minimum atomic E-state index is -0.571. The topological polar surface area (TPSA) is 87.8 Å². The van der Waals surface area contributed by atoms with Crippen LogP contribution in [0.25, 0.3) is 0 Å². The van der Waals surface area contributed by atoms with Gasteiger partial charge in [0, 0.05) is 6.42 Å². The van der Waals surface area contributed by atoms with Crippen molar-refractivity contribution in [3.8, 4) is 0 Å². The van der Waals surface area contributed by atoms with Gasteiger partial charge in [0.1, 0.15) is 10.7 Å². The molecule has 1 heterocycles. The lowest BCUT2D eigenvalue weighted by Crippen LogP contribution is -2.45. The Bertz CT molecular complexity index is 556. The van der Waals surface area contributed by atoms with Gasteiger partial charge >= 0.3 is 0 Å². The van der Waals surface area contributed by atoms with Crippen molar-refractivity contribution in [3.05, 3.63) is 29.8 Å². The van der Waals surface area contributed by atoms with Crippen molar-refractivity contribution in [1.29, 1.82) is 0 Å². The van der Waals surface area contributed by atoms with Crippen LogP contribution in [0.15, 0.2) is 29.4 Å². The maximum absolute atomic E-state index is 12.1. The van der Waals surface area contributed by atoms with Gasteiger partial charge < -0.3 is 11.1 Å². The monoisotopic (exact) mass is 338 g/mol. The van der Waals surface area contributed by atoms with Crippen LogP contribution in [0.1, 0.15) is 12.0 Å². The first kappa shape index (κ1) is 14.5. The van der Waals surface area contributed by atoms with Crippen LogP contribution in [0.3, 0.4) is 0 Å². The first-order valence-electron chi connectivity index (χ1n) is 6.12. The average molecular weight is 339 g/mol. The lowest BCUT2D eigenvalue weighted by atomic mass is 10.1. The van der Waals surface area contributed by atoms with Gasteiger partial charge in [-0.25, -0.2) is 0 Å². The molecule has 3 N–H and O–H groups in total. The Kier molecular flexibility index (Phi) is 4.39. The molecule has 1 aromatic rings. The molecule has 2 amide bonds. The summed E-state index contributed by atoms with van der Waals surface area (Å²) >= 11 is 3.32. The Morgan fingerprint density at radius 3 is 2.70 bits per heavy atom. The Morgan fingerprint density at radius 2 is 2.10 bits per heavy atom. The van der Waals surface area contributed by atoms with Crippen LogP contribution in [-0.2, 0) is 9.59 Å². The van der Waals surface area contributed by atoms with Crippen molar-refractivity contribution in [2.75, 3.05) is 11.6 Å². The van der Waals surface area contributed by atoms with Crippen LogP contribution in [0.5, 0.6) is 0 Å². The molecule has 2 rings (SSSR count). The van der Waals surface area contributed by atoms with Gasteiger partial charge in [-0.3, -0.25) is 14.6 Å². The third-order valence-corrected chi connectivity index (χ3v) is 3.39. The van der Waals surface area contributed by atoms with E-state index in [1.165, 1.54) is 0 Å². The highest BCUT2D eigenvalue weighted by molar-refractivity contribution is 9.18. The molecule has 1 atom stereocenters. The summed E-state index contributed by atoms with van der Waals surface area (Å²) < 4.78 is 0.692. The highest BCUT2D eigenvalue weighted by Crippen LogP contribution is 2.26. The molecular formula is C13H15BrN4O2. The summed E-state index contributed by atoms with van der Waals surface area (Å²) in [5.74, 6) is -0.846. The number of benzene rings is 1. The second-order valence-electron chi connectivity index (χ2n) is 4.56. The zero-order chi connectivity index (χ0) is 14.7. The predicted molar refractivity (Wildman–Crippen MR) is 80.6 cm³/mol. The van der Waals surface area contributed by atoms with Gasteiger partial charge in [0.25, 0.3) is 0 Å². The molecule has 0 aliphatic carbocycles. The number of hydrogen-bond donors (Lipinski definition) is 2. The van der Waals surface area contributed by atoms with Crippen molar-refractivity contribution in [2.24, 2.45) is 10.8 Å². The fourth-order valence-electron chi connectivity index (χ4n) is 1.90. The highest BCUT2D eigenvalue weighted by Gasteiger charge is 2.32. The number of rotatable bonds is 4. The number of carbonyl (C=O) groups is 2. The molecule has 1 unspecified atom stereocenters. The maximum atomic E-state index is 12.1. The number of nitrogens with one attached hydrogen (secondary N) is 1. The van der Waals surface area contributed by atoms with Gasteiger partial charge in [-0.15, -0.1) is 0 Å². The van der Waals surface area contributed by atoms with Gasteiger partial charge in [-0.1, -0.05) is 17.7 Å². The number of nitrogens with zero attached hydrogens (tertiary/aromatic N) is 2. The van der Waals surface area contributed by atoms with Crippen molar-refractivity contribution in [2.45, 2.75) is 19.4 Å². The molecule has 1 aliphatic heterocycles. The van der Waals surface area contributed by atoms with Gasteiger partial charge in [0.2, 0.25) is 11.8 Å². The van der Waals surface area contributed by atoms with Gasteiger partial charge in [0.15, 0.2) is 0 Å². The Hall–Kier alpha value is -1.89. The molecule has 0 aromatic heterocycles. The third kappa shape index (κ3) is 3.36. The number of hydrogen-bond acceptors (Lipinski definition) is 4. The average Bonchev–Trinajstić information content (AvgIpc) is 2.79. The lowest BCUT2D eigenvalue weighted by Gasteiger charge is -2.22. The van der Waals surface area contributed by atoms with Crippen LogP contribution in [0.4, 0.5) is 5.69 Å². The van der Waals surface area contributed by atoms with E-state index in [1.54, 1.807) is 5.01 Å². The molecular weight excluding hydrogens is 324 g/mol. The summed E-state index contributed by atoms with van der Waals surface area (Å²) in [6.45, 7) is 1.82. The number of anilines is 1. The minimum Gasteiger partial charge on any atom is -0.368 e. The van der Waals surface area contributed by atoms with E-state index in [1.807, 2.05) is 31.2 Å². The number of aryl methyl sites for hydroxylation is 1. The molecule has 7 heteroatoms. The molecule has 0 spiro atoms. The van der Waals surface area contributed by atoms with E-state index < -0.39 is 11.9 Å². The predicted octanol–water partition coefficient (Wildman–Crippen LogP) is 0.884. The molecule has 0 saturated carbocycles. The van der Waals surface area contributed by atoms with Crippen molar-refractivity contribution >= 4 is 38.1 Å². The number of amides is 2. The number of halogens is 1. The molecule has 1 aliphatic rings. The van der Waals surface area contributed by atoms with Crippen LogP contribution in [0, 0.1) is 6.92 Å². The number of nitrogens with two attached hydrogens (primary N) is 1. The van der Waals surface area contributed by atoms with Crippen molar-refractivity contribution in [1.82, 2.24) is 5.32 Å². The van der Waals surface area contributed by atoms with E-state index in [2.05, 4.69) is 26.3 Å².